The molecule has 19 heavy (non-hydrogen) atoms. The van der Waals surface area contributed by atoms with Gasteiger partial charge in [0.15, 0.2) is 5.69 Å². The Morgan fingerprint density at radius 1 is 1.37 bits per heavy atom. The van der Waals surface area contributed by atoms with Crippen molar-refractivity contribution < 1.29 is 27.5 Å². The fourth-order valence-electron chi connectivity index (χ4n) is 2.08. The summed E-state index contributed by atoms with van der Waals surface area (Å²) in [5, 5.41) is 0. The van der Waals surface area contributed by atoms with Crippen molar-refractivity contribution in [1.29, 1.82) is 0 Å². The van der Waals surface area contributed by atoms with Gasteiger partial charge in [-0.1, -0.05) is 0 Å². The fourth-order valence-corrected chi connectivity index (χ4v) is 2.47. The van der Waals surface area contributed by atoms with Crippen LogP contribution >= 0.6 is 0 Å². The molecular formula is C10H17N3O5S. The molecule has 2 rings (SSSR count). The molecule has 0 aromatic carbocycles. The third-order valence-electron chi connectivity index (χ3n) is 2.85. The van der Waals surface area contributed by atoms with E-state index in [1.165, 1.54) is 0 Å². The maximum atomic E-state index is 10.7. The van der Waals surface area contributed by atoms with Gasteiger partial charge in [0.2, 0.25) is 0 Å². The molecule has 0 saturated carbocycles. The highest BCUT2D eigenvalue weighted by Gasteiger charge is 2.21. The summed E-state index contributed by atoms with van der Waals surface area (Å²) in [6.07, 6.45) is 2.27. The summed E-state index contributed by atoms with van der Waals surface area (Å²) in [6, 6.07) is 3.40. The lowest BCUT2D eigenvalue weighted by atomic mass is 10.3. The van der Waals surface area contributed by atoms with E-state index in [0.717, 1.165) is 36.3 Å². The van der Waals surface area contributed by atoms with Gasteiger partial charge in [0.05, 0.1) is 6.07 Å². The van der Waals surface area contributed by atoms with Gasteiger partial charge in [0.1, 0.15) is 0 Å². The number of nitrogen functional groups attached to an aromatic ring is 1. The van der Waals surface area contributed by atoms with Crippen LogP contribution in [0.5, 0.6) is 0 Å². The van der Waals surface area contributed by atoms with E-state index in [4.69, 9.17) is 10.3 Å². The average molecular weight is 291 g/mol. The molecule has 1 aliphatic heterocycles. The molecule has 0 amide bonds. The lowest BCUT2D eigenvalue weighted by Gasteiger charge is -2.18. The average Bonchev–Trinajstić information content (AvgIpc) is 2.75. The zero-order valence-electron chi connectivity index (χ0n) is 10.5. The Morgan fingerprint density at radius 2 is 1.95 bits per heavy atom. The normalized spacial score (nSPS) is 15.2. The summed E-state index contributed by atoms with van der Waals surface area (Å²) < 4.78 is 35.3. The number of aryl methyl sites for hydroxylation is 1. The Labute approximate surface area is 111 Å². The smallest absolute Gasteiger partial charge is 0.482 e. The second-order valence-corrected chi connectivity index (χ2v) is 5.28. The minimum absolute atomic E-state index is 0. The van der Waals surface area contributed by atoms with Crippen LogP contribution in [0.3, 0.4) is 0 Å². The summed E-state index contributed by atoms with van der Waals surface area (Å²) in [5.41, 5.74) is 7.16. The monoisotopic (exact) mass is 291 g/mol. The number of hydrogen-bond acceptors (Lipinski definition) is 6. The number of nitrogens with zero attached hydrogens (tertiary/aromatic N) is 2. The predicted octanol–water partition coefficient (Wildman–Crippen LogP) is -0.480. The van der Waals surface area contributed by atoms with Crippen molar-refractivity contribution >= 4 is 21.9 Å². The molecule has 1 aromatic rings. The molecule has 0 atom stereocenters. The number of pyridine rings is 1. The molecule has 0 aliphatic carbocycles. The van der Waals surface area contributed by atoms with Crippen molar-refractivity contribution in [2.75, 3.05) is 23.7 Å². The zero-order valence-corrected chi connectivity index (χ0v) is 11.3. The molecule has 0 radical (unpaired) electrons. The van der Waals surface area contributed by atoms with Crippen molar-refractivity contribution in [3.8, 4) is 0 Å². The Balaban J connectivity index is 0.00000180. The van der Waals surface area contributed by atoms with Gasteiger partial charge in [-0.05, 0) is 17.6 Å². The van der Waals surface area contributed by atoms with Crippen molar-refractivity contribution in [3.63, 3.8) is 0 Å². The van der Waals surface area contributed by atoms with E-state index >= 15 is 0 Å². The Bertz CT molecular complexity index is 531. The number of nitrogens with two attached hydrogens (primary N) is 1. The third-order valence-corrected chi connectivity index (χ3v) is 3.18. The maximum Gasteiger partial charge on any atom is 0.482 e. The zero-order chi connectivity index (χ0) is 13.3. The van der Waals surface area contributed by atoms with Crippen LogP contribution in [0.15, 0.2) is 12.1 Å². The van der Waals surface area contributed by atoms with Crippen LogP contribution in [-0.2, 0) is 10.4 Å². The van der Waals surface area contributed by atoms with Gasteiger partial charge < -0.3 is 10.4 Å². The van der Waals surface area contributed by atoms with Gasteiger partial charge in [-0.25, -0.2) is 0 Å². The molecular weight excluding hydrogens is 274 g/mol. The van der Waals surface area contributed by atoms with E-state index in [-0.39, 0.29) is 11.3 Å². The Hall–Kier alpha value is -1.58. The molecule has 4 N–H and O–H groups in total. The maximum absolute atomic E-state index is 10.7. The molecule has 0 unspecified atom stereocenters. The molecule has 1 aromatic heterocycles. The van der Waals surface area contributed by atoms with E-state index in [1.54, 1.807) is 19.1 Å². The van der Waals surface area contributed by atoms with Gasteiger partial charge in [-0.2, -0.15) is 12.7 Å². The Kier molecular flexibility index (Phi) is 4.56. The first-order chi connectivity index (χ1) is 8.37. The fraction of sp³-hybridized carbons (Fsp3) is 0.500. The van der Waals surface area contributed by atoms with Crippen LogP contribution < -0.4 is 19.6 Å². The molecule has 0 bridgehead atoms. The van der Waals surface area contributed by atoms with Crippen LogP contribution in [0.2, 0.25) is 0 Å². The molecule has 2 heterocycles. The standard InChI is InChI=1S/C10H15N3O4S.H2O/c1-8-6-9(12-4-2-3-5-12)7-10(11)13(8)17-18(14,15)16;/h6-7,11H,2-5H2,1H3,(H,14,15,16);1H2. The van der Waals surface area contributed by atoms with E-state index < -0.39 is 10.4 Å². The first kappa shape index (κ1) is 15.5. The highest BCUT2D eigenvalue weighted by atomic mass is 32.3. The Morgan fingerprint density at radius 3 is 2.42 bits per heavy atom. The number of aromatic nitrogens is 1. The summed E-state index contributed by atoms with van der Waals surface area (Å²) in [7, 11) is -4.58. The topological polar surface area (TPSA) is 127 Å². The second-order valence-electron chi connectivity index (χ2n) is 4.27. The van der Waals surface area contributed by atoms with Crippen LogP contribution in [0.4, 0.5) is 11.5 Å². The van der Waals surface area contributed by atoms with Crippen LogP contribution in [-0.4, -0.2) is 31.5 Å². The SMILES string of the molecule is Cc1cc(N2CCCC2)cc(N)[n+]1OS(=O)(=O)O.[OH-]. The lowest BCUT2D eigenvalue weighted by Crippen LogP contribution is -2.50. The van der Waals surface area contributed by atoms with E-state index in [0.29, 0.717) is 5.69 Å². The molecule has 1 fully saturated rings. The molecule has 0 spiro atoms. The van der Waals surface area contributed by atoms with Gasteiger partial charge in [0.25, 0.3) is 0 Å². The number of anilines is 2. The van der Waals surface area contributed by atoms with Crippen LogP contribution in [0.1, 0.15) is 18.5 Å². The van der Waals surface area contributed by atoms with E-state index in [9.17, 15) is 8.42 Å². The van der Waals surface area contributed by atoms with Crippen LogP contribution in [0.25, 0.3) is 0 Å². The molecule has 8 nitrogen and oxygen atoms in total. The largest absolute Gasteiger partial charge is 0.870 e. The highest BCUT2D eigenvalue weighted by Crippen LogP contribution is 2.21. The third kappa shape index (κ3) is 3.69. The molecule has 1 aliphatic rings. The quantitative estimate of drug-likeness (QED) is 0.568. The minimum Gasteiger partial charge on any atom is -0.870 e. The van der Waals surface area contributed by atoms with E-state index in [2.05, 4.69) is 9.18 Å². The summed E-state index contributed by atoms with van der Waals surface area (Å²) in [5.74, 6) is 0.120. The first-order valence-electron chi connectivity index (χ1n) is 5.61. The summed E-state index contributed by atoms with van der Waals surface area (Å²) in [4.78, 5) is 2.17. The van der Waals surface area contributed by atoms with Crippen molar-refractivity contribution in [3.05, 3.63) is 17.8 Å². The molecule has 108 valence electrons. The summed E-state index contributed by atoms with van der Waals surface area (Å²) >= 11 is 0. The number of hydrogen-bond donors (Lipinski definition) is 2. The van der Waals surface area contributed by atoms with Crippen molar-refractivity contribution in [2.45, 2.75) is 19.8 Å². The lowest BCUT2D eigenvalue weighted by molar-refractivity contribution is -0.849. The van der Waals surface area contributed by atoms with E-state index in [1.807, 2.05) is 0 Å². The number of rotatable bonds is 3. The van der Waals surface area contributed by atoms with Gasteiger partial charge in [-0.3, -0.25) is 10.3 Å². The van der Waals surface area contributed by atoms with Gasteiger partial charge in [0, 0.05) is 31.8 Å². The minimum atomic E-state index is -4.58. The van der Waals surface area contributed by atoms with Crippen LogP contribution in [0, 0.1) is 6.92 Å². The molecule has 1 saturated heterocycles. The van der Waals surface area contributed by atoms with Crippen molar-refractivity contribution in [1.82, 2.24) is 0 Å². The van der Waals surface area contributed by atoms with Gasteiger partial charge >= 0.3 is 16.2 Å². The highest BCUT2D eigenvalue weighted by molar-refractivity contribution is 7.80. The second kappa shape index (κ2) is 5.59. The predicted molar refractivity (Wildman–Crippen MR) is 67.3 cm³/mol. The molecule has 9 heteroatoms. The summed E-state index contributed by atoms with van der Waals surface area (Å²) in [6.45, 7) is 3.57. The van der Waals surface area contributed by atoms with Gasteiger partial charge in [-0.15, -0.1) is 0 Å². The first-order valence-corrected chi connectivity index (χ1v) is 6.98. The van der Waals surface area contributed by atoms with Crippen molar-refractivity contribution in [2.24, 2.45) is 0 Å².